The maximum atomic E-state index is 12.1. The van der Waals surface area contributed by atoms with Crippen molar-refractivity contribution in [2.45, 2.75) is 25.5 Å². The zero-order chi connectivity index (χ0) is 15.0. The van der Waals surface area contributed by atoms with Gasteiger partial charge in [-0.05, 0) is 27.4 Å². The van der Waals surface area contributed by atoms with E-state index in [0.29, 0.717) is 19.8 Å². The summed E-state index contributed by atoms with van der Waals surface area (Å²) in [6, 6.07) is -0.105. The number of amides is 1. The second-order valence-corrected chi connectivity index (χ2v) is 5.56. The van der Waals surface area contributed by atoms with Gasteiger partial charge in [-0.15, -0.1) is 0 Å². The van der Waals surface area contributed by atoms with Crippen LogP contribution in [0.5, 0.6) is 0 Å². The van der Waals surface area contributed by atoms with Gasteiger partial charge in [0.2, 0.25) is 5.91 Å². The number of carbonyl (C=O) groups is 1. The quantitative estimate of drug-likeness (QED) is 0.626. The number of carbonyl (C=O) groups excluding carboxylic acids is 1. The summed E-state index contributed by atoms with van der Waals surface area (Å²) in [7, 11) is 5.74. The molecule has 6 heteroatoms. The molecule has 1 rings (SSSR count). The number of hydrogen-bond donors (Lipinski definition) is 1. The second-order valence-electron chi connectivity index (χ2n) is 5.56. The summed E-state index contributed by atoms with van der Waals surface area (Å²) in [5, 5.41) is 2.96. The molecule has 0 radical (unpaired) electrons. The Balaban J connectivity index is 2.33. The van der Waals surface area contributed by atoms with Crippen LogP contribution < -0.4 is 5.32 Å². The molecular formula is C14H29N3O3. The van der Waals surface area contributed by atoms with Crippen LogP contribution in [-0.2, 0) is 14.3 Å². The molecule has 118 valence electrons. The maximum Gasteiger partial charge on any atom is 0.237 e. The minimum absolute atomic E-state index is 0.0895. The fourth-order valence-electron chi connectivity index (χ4n) is 2.35. The Bertz CT molecular complexity index is 287. The monoisotopic (exact) mass is 287 g/mol. The van der Waals surface area contributed by atoms with Gasteiger partial charge in [-0.2, -0.15) is 0 Å². The summed E-state index contributed by atoms with van der Waals surface area (Å²) in [6.07, 6.45) is 1.03. The van der Waals surface area contributed by atoms with E-state index in [1.807, 2.05) is 21.0 Å². The standard InChI is InChI=1S/C14H29N3O3/c1-12(14(18)15-6-5-8-19-4)17-7-9-20-13(11-17)10-16(2)3/h12-13H,5-11H2,1-4H3,(H,15,18)/t12-,13-/m1/s1. The Morgan fingerprint density at radius 2 is 2.30 bits per heavy atom. The van der Waals surface area contributed by atoms with Crippen molar-refractivity contribution in [1.29, 1.82) is 0 Å². The highest BCUT2D eigenvalue weighted by atomic mass is 16.5. The van der Waals surface area contributed by atoms with Crippen molar-refractivity contribution in [3.05, 3.63) is 0 Å². The Morgan fingerprint density at radius 3 is 2.95 bits per heavy atom. The van der Waals surface area contributed by atoms with Gasteiger partial charge >= 0.3 is 0 Å². The molecule has 6 nitrogen and oxygen atoms in total. The predicted molar refractivity (Wildman–Crippen MR) is 78.8 cm³/mol. The van der Waals surface area contributed by atoms with Crippen molar-refractivity contribution in [2.24, 2.45) is 0 Å². The van der Waals surface area contributed by atoms with Crippen molar-refractivity contribution in [3.63, 3.8) is 0 Å². The molecule has 1 fully saturated rings. The SMILES string of the molecule is COCCCNC(=O)[C@@H](C)N1CCO[C@H](CN(C)C)C1. The summed E-state index contributed by atoms with van der Waals surface area (Å²) in [5.74, 6) is 0.0895. The molecule has 0 aromatic rings. The largest absolute Gasteiger partial charge is 0.385 e. The Kier molecular flexibility index (Phi) is 8.06. The normalized spacial score (nSPS) is 21.9. The highest BCUT2D eigenvalue weighted by Gasteiger charge is 2.27. The fourth-order valence-corrected chi connectivity index (χ4v) is 2.35. The number of rotatable bonds is 8. The Hall–Kier alpha value is -0.690. The minimum Gasteiger partial charge on any atom is -0.385 e. The van der Waals surface area contributed by atoms with E-state index >= 15 is 0 Å². The molecule has 1 saturated heterocycles. The first-order valence-electron chi connectivity index (χ1n) is 7.31. The molecule has 0 unspecified atom stereocenters. The van der Waals surface area contributed by atoms with Crippen molar-refractivity contribution in [1.82, 2.24) is 15.1 Å². The molecule has 1 amide bonds. The van der Waals surface area contributed by atoms with Crippen LogP contribution in [0.15, 0.2) is 0 Å². The number of morpholine rings is 1. The van der Waals surface area contributed by atoms with Gasteiger partial charge in [0.1, 0.15) is 0 Å². The van der Waals surface area contributed by atoms with Crippen LogP contribution in [-0.4, -0.2) is 88.5 Å². The lowest BCUT2D eigenvalue weighted by Crippen LogP contribution is -2.54. The third-order valence-electron chi connectivity index (χ3n) is 3.49. The number of nitrogens with one attached hydrogen (secondary N) is 1. The van der Waals surface area contributed by atoms with E-state index in [1.165, 1.54) is 0 Å². The van der Waals surface area contributed by atoms with Crippen LogP contribution in [0.1, 0.15) is 13.3 Å². The smallest absolute Gasteiger partial charge is 0.237 e. The number of methoxy groups -OCH3 is 1. The lowest BCUT2D eigenvalue weighted by atomic mass is 10.2. The van der Waals surface area contributed by atoms with Crippen LogP contribution in [0.4, 0.5) is 0 Å². The van der Waals surface area contributed by atoms with Crippen molar-refractivity contribution >= 4 is 5.91 Å². The van der Waals surface area contributed by atoms with E-state index in [4.69, 9.17) is 9.47 Å². The summed E-state index contributed by atoms with van der Waals surface area (Å²) in [5.41, 5.74) is 0. The van der Waals surface area contributed by atoms with E-state index < -0.39 is 0 Å². The molecule has 1 aliphatic heterocycles. The van der Waals surface area contributed by atoms with Crippen LogP contribution in [0.2, 0.25) is 0 Å². The maximum absolute atomic E-state index is 12.1. The predicted octanol–water partition coefficient (Wildman–Crippen LogP) is -0.210. The van der Waals surface area contributed by atoms with Gasteiger partial charge in [0, 0.05) is 39.9 Å². The summed E-state index contributed by atoms with van der Waals surface area (Å²) in [6.45, 7) is 6.52. The molecule has 1 N–H and O–H groups in total. The number of ether oxygens (including phenoxy) is 2. The fraction of sp³-hybridized carbons (Fsp3) is 0.929. The molecule has 0 spiro atoms. The van der Waals surface area contributed by atoms with Gasteiger partial charge in [0.05, 0.1) is 18.8 Å². The zero-order valence-electron chi connectivity index (χ0n) is 13.2. The van der Waals surface area contributed by atoms with Crippen LogP contribution in [0.3, 0.4) is 0 Å². The first kappa shape index (κ1) is 17.4. The summed E-state index contributed by atoms with van der Waals surface area (Å²) >= 11 is 0. The van der Waals surface area contributed by atoms with E-state index in [1.54, 1.807) is 7.11 Å². The van der Waals surface area contributed by atoms with Crippen LogP contribution in [0.25, 0.3) is 0 Å². The third kappa shape index (κ3) is 6.17. The van der Waals surface area contributed by atoms with Gasteiger partial charge in [-0.25, -0.2) is 0 Å². The third-order valence-corrected chi connectivity index (χ3v) is 3.49. The molecule has 20 heavy (non-hydrogen) atoms. The average molecular weight is 287 g/mol. The summed E-state index contributed by atoms with van der Waals surface area (Å²) < 4.78 is 10.7. The molecule has 1 heterocycles. The van der Waals surface area contributed by atoms with Crippen molar-refractivity contribution < 1.29 is 14.3 Å². The van der Waals surface area contributed by atoms with Crippen molar-refractivity contribution in [3.8, 4) is 0 Å². The number of nitrogens with zero attached hydrogens (tertiary/aromatic N) is 2. The highest BCUT2D eigenvalue weighted by molar-refractivity contribution is 5.81. The van der Waals surface area contributed by atoms with Gasteiger partial charge in [-0.1, -0.05) is 0 Å². The van der Waals surface area contributed by atoms with Gasteiger partial charge < -0.3 is 19.7 Å². The summed E-state index contributed by atoms with van der Waals surface area (Å²) in [4.78, 5) is 16.4. The van der Waals surface area contributed by atoms with Crippen molar-refractivity contribution in [2.75, 3.05) is 60.6 Å². The molecule has 2 atom stereocenters. The van der Waals surface area contributed by atoms with E-state index in [2.05, 4.69) is 15.1 Å². The van der Waals surface area contributed by atoms with Gasteiger partial charge in [0.25, 0.3) is 0 Å². The number of likely N-dealkylation sites (N-methyl/N-ethyl adjacent to an activating group) is 1. The number of hydrogen-bond acceptors (Lipinski definition) is 5. The first-order chi connectivity index (χ1) is 9.54. The Morgan fingerprint density at radius 1 is 1.55 bits per heavy atom. The highest BCUT2D eigenvalue weighted by Crippen LogP contribution is 2.10. The minimum atomic E-state index is -0.105. The Labute approximate surface area is 122 Å². The van der Waals surface area contributed by atoms with Crippen LogP contribution >= 0.6 is 0 Å². The molecule has 0 saturated carbocycles. The topological polar surface area (TPSA) is 54.0 Å². The second kappa shape index (κ2) is 9.28. The van der Waals surface area contributed by atoms with E-state index in [0.717, 1.165) is 26.1 Å². The lowest BCUT2D eigenvalue weighted by molar-refractivity contribution is -0.129. The van der Waals surface area contributed by atoms with E-state index in [9.17, 15) is 4.79 Å². The molecule has 1 aliphatic rings. The van der Waals surface area contributed by atoms with Gasteiger partial charge in [0.15, 0.2) is 0 Å². The van der Waals surface area contributed by atoms with E-state index in [-0.39, 0.29) is 18.1 Å². The average Bonchev–Trinajstić information content (AvgIpc) is 2.42. The lowest BCUT2D eigenvalue weighted by Gasteiger charge is -2.37. The zero-order valence-corrected chi connectivity index (χ0v) is 13.2. The molecule has 0 aliphatic carbocycles. The molecule has 0 aromatic heterocycles. The molecule has 0 aromatic carbocycles. The molecule has 0 bridgehead atoms. The van der Waals surface area contributed by atoms with Crippen LogP contribution in [0, 0.1) is 0 Å². The van der Waals surface area contributed by atoms with Gasteiger partial charge in [-0.3, -0.25) is 9.69 Å². The molecular weight excluding hydrogens is 258 g/mol. The first-order valence-corrected chi connectivity index (χ1v) is 7.31.